The lowest BCUT2D eigenvalue weighted by atomic mass is 10.1. The molecule has 1 N–H and O–H groups in total. The van der Waals surface area contributed by atoms with Gasteiger partial charge in [0.25, 0.3) is 0 Å². The fourth-order valence-electron chi connectivity index (χ4n) is 1.72. The van der Waals surface area contributed by atoms with Gasteiger partial charge in [0.15, 0.2) is 5.22 Å². The molecule has 0 aliphatic carbocycles. The van der Waals surface area contributed by atoms with Gasteiger partial charge < -0.3 is 9.73 Å². The van der Waals surface area contributed by atoms with Crippen molar-refractivity contribution in [2.45, 2.75) is 19.3 Å². The summed E-state index contributed by atoms with van der Waals surface area (Å²) in [6.07, 6.45) is -4.34. The lowest BCUT2D eigenvalue weighted by molar-refractivity contribution is -0.138. The van der Waals surface area contributed by atoms with Gasteiger partial charge in [-0.2, -0.15) is 13.2 Å². The van der Waals surface area contributed by atoms with E-state index < -0.39 is 11.7 Å². The molecule has 0 atom stereocenters. The Balaban J connectivity index is 2.00. The largest absolute Gasteiger partial charge is 0.448 e. The van der Waals surface area contributed by atoms with Crippen LogP contribution >= 0.6 is 11.6 Å². The fraction of sp³-hybridized carbons (Fsp3) is 0.231. The highest BCUT2D eigenvalue weighted by molar-refractivity contribution is 6.28. The number of nitrogens with one attached hydrogen (secondary N) is 1. The fourth-order valence-corrected chi connectivity index (χ4v) is 1.88. The van der Waals surface area contributed by atoms with Crippen molar-refractivity contribution < 1.29 is 17.6 Å². The number of rotatable bonds is 4. The molecule has 0 amide bonds. The summed E-state index contributed by atoms with van der Waals surface area (Å²) in [4.78, 5) is 0. The molecular formula is C13H11ClF3NO. The van der Waals surface area contributed by atoms with Crippen LogP contribution in [0.1, 0.15) is 16.9 Å². The average molecular weight is 290 g/mol. The third-order valence-electron chi connectivity index (χ3n) is 2.57. The van der Waals surface area contributed by atoms with Crippen LogP contribution in [0.3, 0.4) is 0 Å². The molecule has 6 heteroatoms. The normalized spacial score (nSPS) is 11.8. The van der Waals surface area contributed by atoms with Crippen LogP contribution in [0, 0.1) is 0 Å². The zero-order valence-corrected chi connectivity index (χ0v) is 10.6. The maximum absolute atomic E-state index is 12.7. The van der Waals surface area contributed by atoms with Crippen molar-refractivity contribution in [3.05, 3.63) is 58.5 Å². The summed E-state index contributed by atoms with van der Waals surface area (Å²) < 4.78 is 43.3. The van der Waals surface area contributed by atoms with E-state index in [0.717, 1.165) is 6.07 Å². The highest BCUT2D eigenvalue weighted by atomic mass is 35.5. The molecule has 0 radical (unpaired) electrons. The number of halogens is 4. The van der Waals surface area contributed by atoms with Crippen molar-refractivity contribution in [3.63, 3.8) is 0 Å². The number of benzene rings is 1. The zero-order chi connectivity index (χ0) is 13.9. The molecule has 0 saturated carbocycles. The first-order chi connectivity index (χ1) is 8.97. The third-order valence-corrected chi connectivity index (χ3v) is 2.77. The summed E-state index contributed by atoms with van der Waals surface area (Å²) >= 11 is 5.60. The zero-order valence-electron chi connectivity index (χ0n) is 9.80. The van der Waals surface area contributed by atoms with Gasteiger partial charge in [0.1, 0.15) is 5.76 Å². The van der Waals surface area contributed by atoms with Gasteiger partial charge in [-0.1, -0.05) is 18.2 Å². The molecule has 0 saturated heterocycles. The van der Waals surface area contributed by atoms with Gasteiger partial charge in [-0.05, 0) is 35.4 Å². The Labute approximate surface area is 113 Å². The van der Waals surface area contributed by atoms with Crippen molar-refractivity contribution in [1.29, 1.82) is 0 Å². The summed E-state index contributed by atoms with van der Waals surface area (Å²) in [6, 6.07) is 8.73. The van der Waals surface area contributed by atoms with Crippen LogP contribution in [-0.2, 0) is 19.3 Å². The Kier molecular flexibility index (Phi) is 4.17. The summed E-state index contributed by atoms with van der Waals surface area (Å²) in [6.45, 7) is 0.424. The minimum atomic E-state index is -4.34. The molecule has 2 aromatic rings. The minimum absolute atomic E-state index is 0.105. The highest BCUT2D eigenvalue weighted by Gasteiger charge is 2.32. The molecular weight excluding hydrogens is 279 g/mol. The van der Waals surface area contributed by atoms with E-state index >= 15 is 0 Å². The first-order valence-electron chi connectivity index (χ1n) is 5.57. The summed E-state index contributed by atoms with van der Waals surface area (Å²) in [5.74, 6) is 0.578. The molecule has 0 spiro atoms. The molecule has 1 aromatic carbocycles. The first-order valence-corrected chi connectivity index (χ1v) is 5.94. The summed E-state index contributed by atoms with van der Waals surface area (Å²) in [7, 11) is 0. The van der Waals surface area contributed by atoms with Crippen molar-refractivity contribution in [2.24, 2.45) is 0 Å². The molecule has 0 unspecified atom stereocenters. The molecule has 19 heavy (non-hydrogen) atoms. The Bertz CT molecular complexity index is 551. The van der Waals surface area contributed by atoms with Gasteiger partial charge in [0, 0.05) is 6.54 Å². The molecule has 1 heterocycles. The lowest BCUT2D eigenvalue weighted by Crippen LogP contribution is -2.17. The van der Waals surface area contributed by atoms with Gasteiger partial charge in [-0.25, -0.2) is 0 Å². The Hall–Kier alpha value is -1.46. The SMILES string of the molecule is FC(F)(F)c1ccccc1CNCc1ccc(Cl)o1. The molecule has 0 fully saturated rings. The maximum Gasteiger partial charge on any atom is 0.416 e. The van der Waals surface area contributed by atoms with E-state index in [1.54, 1.807) is 18.2 Å². The molecule has 0 bridgehead atoms. The summed E-state index contributed by atoms with van der Waals surface area (Å²) in [5.41, 5.74) is -0.423. The van der Waals surface area contributed by atoms with E-state index in [4.69, 9.17) is 16.0 Å². The van der Waals surface area contributed by atoms with E-state index in [9.17, 15) is 13.2 Å². The third kappa shape index (κ3) is 3.75. The average Bonchev–Trinajstić information content (AvgIpc) is 2.74. The van der Waals surface area contributed by atoms with Crippen molar-refractivity contribution in [2.75, 3.05) is 0 Å². The first kappa shape index (κ1) is 14.0. The highest BCUT2D eigenvalue weighted by Crippen LogP contribution is 2.31. The van der Waals surface area contributed by atoms with Crippen molar-refractivity contribution >= 4 is 11.6 Å². The quantitative estimate of drug-likeness (QED) is 0.910. The van der Waals surface area contributed by atoms with Gasteiger partial charge in [0.2, 0.25) is 0 Å². The Morgan fingerprint density at radius 3 is 2.42 bits per heavy atom. The van der Waals surface area contributed by atoms with Crippen LogP contribution in [0.2, 0.25) is 5.22 Å². The molecule has 0 aliphatic heterocycles. The van der Waals surface area contributed by atoms with Crippen molar-refractivity contribution in [1.82, 2.24) is 5.32 Å². The molecule has 102 valence electrons. The van der Waals surface area contributed by atoms with Crippen LogP contribution in [-0.4, -0.2) is 0 Å². The standard InChI is InChI=1S/C13H11ClF3NO/c14-12-6-5-10(19-12)8-18-7-9-3-1-2-4-11(9)13(15,16)17/h1-6,18H,7-8H2. The van der Waals surface area contributed by atoms with Crippen LogP contribution in [0.25, 0.3) is 0 Å². The van der Waals surface area contributed by atoms with Crippen LogP contribution in [0.5, 0.6) is 0 Å². The number of alkyl halides is 3. The van der Waals surface area contributed by atoms with Gasteiger partial charge in [-0.15, -0.1) is 0 Å². The number of furan rings is 1. The van der Waals surface area contributed by atoms with E-state index in [0.29, 0.717) is 12.3 Å². The van der Waals surface area contributed by atoms with Gasteiger partial charge in [-0.3, -0.25) is 0 Å². The molecule has 2 nitrogen and oxygen atoms in total. The molecule has 2 rings (SSSR count). The molecule has 1 aromatic heterocycles. The van der Waals surface area contributed by atoms with Gasteiger partial charge in [0.05, 0.1) is 12.1 Å². The van der Waals surface area contributed by atoms with Crippen LogP contribution < -0.4 is 5.32 Å². The van der Waals surface area contributed by atoms with Crippen LogP contribution in [0.4, 0.5) is 13.2 Å². The van der Waals surface area contributed by atoms with Crippen LogP contribution in [0.15, 0.2) is 40.8 Å². The van der Waals surface area contributed by atoms with E-state index in [-0.39, 0.29) is 17.3 Å². The number of hydrogen-bond donors (Lipinski definition) is 1. The Morgan fingerprint density at radius 1 is 1.05 bits per heavy atom. The smallest absolute Gasteiger partial charge is 0.416 e. The summed E-state index contributed by atoms with van der Waals surface area (Å²) in [5, 5.41) is 3.15. The van der Waals surface area contributed by atoms with E-state index in [1.807, 2.05) is 0 Å². The monoisotopic (exact) mass is 289 g/mol. The second-order valence-corrected chi connectivity index (χ2v) is 4.34. The maximum atomic E-state index is 12.7. The predicted molar refractivity (Wildman–Crippen MR) is 65.7 cm³/mol. The van der Waals surface area contributed by atoms with Crippen molar-refractivity contribution in [3.8, 4) is 0 Å². The minimum Gasteiger partial charge on any atom is -0.448 e. The Morgan fingerprint density at radius 2 is 1.79 bits per heavy atom. The molecule has 0 aliphatic rings. The second-order valence-electron chi connectivity index (χ2n) is 3.96. The number of hydrogen-bond acceptors (Lipinski definition) is 2. The second kappa shape index (κ2) is 5.67. The van der Waals surface area contributed by atoms with Gasteiger partial charge >= 0.3 is 6.18 Å². The lowest BCUT2D eigenvalue weighted by Gasteiger charge is -2.12. The topological polar surface area (TPSA) is 25.2 Å². The van der Waals surface area contributed by atoms with E-state index in [2.05, 4.69) is 5.32 Å². The van der Waals surface area contributed by atoms with E-state index in [1.165, 1.54) is 12.1 Å². The predicted octanol–water partition coefficient (Wildman–Crippen LogP) is 4.24.